The maximum Gasteiger partial charge on any atom is 0.152 e. The zero-order chi connectivity index (χ0) is 11.6. The number of hydrogen-bond donors (Lipinski definition) is 1. The van der Waals surface area contributed by atoms with Gasteiger partial charge in [0.2, 0.25) is 0 Å². The number of nitrogens with zero attached hydrogens (tertiary/aromatic N) is 4. The second-order valence-corrected chi connectivity index (χ2v) is 4.89. The third-order valence-corrected chi connectivity index (χ3v) is 3.91. The van der Waals surface area contributed by atoms with E-state index in [0.29, 0.717) is 5.82 Å². The lowest BCUT2D eigenvalue weighted by Crippen LogP contribution is -2.36. The van der Waals surface area contributed by atoms with E-state index >= 15 is 0 Å². The summed E-state index contributed by atoms with van der Waals surface area (Å²) in [6.45, 7) is 5.26. The van der Waals surface area contributed by atoms with Crippen LogP contribution in [0.15, 0.2) is 0 Å². The minimum Gasteiger partial charge on any atom is -0.382 e. The lowest BCUT2D eigenvalue weighted by molar-refractivity contribution is 0.597. The van der Waals surface area contributed by atoms with Crippen LogP contribution in [0.1, 0.15) is 17.9 Å². The number of hydrogen-bond acceptors (Lipinski definition) is 4. The fourth-order valence-corrected chi connectivity index (χ4v) is 3.14. The van der Waals surface area contributed by atoms with E-state index in [1.54, 1.807) is 0 Å². The van der Waals surface area contributed by atoms with Crippen LogP contribution < -0.4 is 10.6 Å². The number of aryl methyl sites for hydroxylation is 2. The molecule has 0 radical (unpaired) electrons. The Morgan fingerprint density at radius 3 is 2.94 bits per heavy atom. The van der Waals surface area contributed by atoms with Crippen molar-refractivity contribution >= 4 is 22.5 Å². The standard InChI is InChI=1S/C12H15N5/c1-7-14-9-11-10-8(15-12(9)13)3-2-4-16(10)5-6-17(7)11/h2-6H2,1H3,(H2,13,15). The number of anilines is 2. The summed E-state index contributed by atoms with van der Waals surface area (Å²) in [7, 11) is 0. The van der Waals surface area contributed by atoms with Gasteiger partial charge in [0.15, 0.2) is 5.82 Å². The minimum atomic E-state index is 0.587. The molecule has 0 aromatic carbocycles. The van der Waals surface area contributed by atoms with Gasteiger partial charge in [-0.25, -0.2) is 9.97 Å². The molecule has 2 aliphatic rings. The number of pyridine rings is 1. The van der Waals surface area contributed by atoms with E-state index < -0.39 is 0 Å². The Morgan fingerprint density at radius 1 is 1.18 bits per heavy atom. The van der Waals surface area contributed by atoms with Crippen LogP contribution in [0.5, 0.6) is 0 Å². The number of aromatic nitrogens is 3. The Labute approximate surface area is 99.2 Å². The molecule has 5 heteroatoms. The summed E-state index contributed by atoms with van der Waals surface area (Å²) in [5.74, 6) is 1.64. The highest BCUT2D eigenvalue weighted by Gasteiger charge is 2.29. The summed E-state index contributed by atoms with van der Waals surface area (Å²) in [5, 5.41) is 0. The second-order valence-electron chi connectivity index (χ2n) is 4.89. The van der Waals surface area contributed by atoms with Crippen LogP contribution in [0.25, 0.3) is 11.0 Å². The zero-order valence-electron chi connectivity index (χ0n) is 9.90. The number of nitrogen functional groups attached to an aromatic ring is 1. The Morgan fingerprint density at radius 2 is 2.06 bits per heavy atom. The topological polar surface area (TPSA) is 60.0 Å². The zero-order valence-corrected chi connectivity index (χ0v) is 9.90. The van der Waals surface area contributed by atoms with Crippen molar-refractivity contribution in [3.63, 3.8) is 0 Å². The number of nitrogens with two attached hydrogens (primary N) is 1. The van der Waals surface area contributed by atoms with Crippen LogP contribution in [0.3, 0.4) is 0 Å². The van der Waals surface area contributed by atoms with Crippen LogP contribution in [-0.2, 0) is 13.0 Å². The molecule has 2 aliphatic heterocycles. The van der Waals surface area contributed by atoms with Gasteiger partial charge >= 0.3 is 0 Å². The first-order valence-electron chi connectivity index (χ1n) is 6.16. The molecular formula is C12H15N5. The molecule has 2 aromatic rings. The minimum absolute atomic E-state index is 0.587. The molecular weight excluding hydrogens is 214 g/mol. The molecule has 5 nitrogen and oxygen atoms in total. The summed E-state index contributed by atoms with van der Waals surface area (Å²) in [5.41, 5.74) is 10.6. The molecule has 0 spiro atoms. The van der Waals surface area contributed by atoms with Crippen molar-refractivity contribution < 1.29 is 0 Å². The Balaban J connectivity index is 2.20. The maximum atomic E-state index is 6.03. The number of imidazole rings is 1. The molecule has 0 saturated carbocycles. The lowest BCUT2D eigenvalue weighted by Gasteiger charge is -2.35. The van der Waals surface area contributed by atoms with Gasteiger partial charge in [0.05, 0.1) is 16.9 Å². The van der Waals surface area contributed by atoms with Gasteiger partial charge in [0.25, 0.3) is 0 Å². The second kappa shape index (κ2) is 2.91. The predicted molar refractivity (Wildman–Crippen MR) is 67.2 cm³/mol. The summed E-state index contributed by atoms with van der Waals surface area (Å²) in [4.78, 5) is 11.5. The fraction of sp³-hybridized carbons (Fsp3) is 0.500. The molecule has 0 aliphatic carbocycles. The van der Waals surface area contributed by atoms with E-state index in [4.69, 9.17) is 5.73 Å². The summed E-state index contributed by atoms with van der Waals surface area (Å²) in [6.07, 6.45) is 2.22. The predicted octanol–water partition coefficient (Wildman–Crippen LogP) is 1.09. The number of rotatable bonds is 0. The van der Waals surface area contributed by atoms with Gasteiger partial charge < -0.3 is 15.2 Å². The molecule has 0 atom stereocenters. The normalized spacial score (nSPS) is 17.8. The van der Waals surface area contributed by atoms with E-state index in [-0.39, 0.29) is 0 Å². The monoisotopic (exact) mass is 229 g/mol. The molecule has 0 bridgehead atoms. The van der Waals surface area contributed by atoms with Gasteiger partial charge in [-0.05, 0) is 19.8 Å². The van der Waals surface area contributed by atoms with Gasteiger partial charge in [0.1, 0.15) is 11.3 Å². The SMILES string of the molecule is Cc1nc2c(N)nc3c4c2n1CCN4CCC3. The highest BCUT2D eigenvalue weighted by atomic mass is 15.2. The van der Waals surface area contributed by atoms with Crippen molar-refractivity contribution in [2.75, 3.05) is 23.7 Å². The van der Waals surface area contributed by atoms with E-state index in [1.165, 1.54) is 17.6 Å². The third-order valence-electron chi connectivity index (χ3n) is 3.91. The molecule has 0 amide bonds. The molecule has 4 heterocycles. The van der Waals surface area contributed by atoms with Crippen LogP contribution in [0, 0.1) is 6.92 Å². The van der Waals surface area contributed by atoms with Crippen molar-refractivity contribution in [2.45, 2.75) is 26.3 Å². The summed E-state index contributed by atoms with van der Waals surface area (Å²) >= 11 is 0. The van der Waals surface area contributed by atoms with Crippen molar-refractivity contribution in [2.24, 2.45) is 0 Å². The molecule has 88 valence electrons. The van der Waals surface area contributed by atoms with Crippen molar-refractivity contribution in [1.82, 2.24) is 14.5 Å². The largest absolute Gasteiger partial charge is 0.382 e. The highest BCUT2D eigenvalue weighted by Crippen LogP contribution is 2.38. The Bertz CT molecular complexity index is 628. The van der Waals surface area contributed by atoms with Gasteiger partial charge in [-0.3, -0.25) is 0 Å². The average molecular weight is 229 g/mol. The van der Waals surface area contributed by atoms with E-state index in [9.17, 15) is 0 Å². The lowest BCUT2D eigenvalue weighted by atomic mass is 10.0. The van der Waals surface area contributed by atoms with Gasteiger partial charge in [-0.2, -0.15) is 0 Å². The quantitative estimate of drug-likeness (QED) is 0.734. The van der Waals surface area contributed by atoms with Crippen molar-refractivity contribution in [3.8, 4) is 0 Å². The van der Waals surface area contributed by atoms with Crippen molar-refractivity contribution in [1.29, 1.82) is 0 Å². The van der Waals surface area contributed by atoms with Crippen LogP contribution >= 0.6 is 0 Å². The average Bonchev–Trinajstić information content (AvgIpc) is 2.67. The fourth-order valence-electron chi connectivity index (χ4n) is 3.14. The molecule has 0 saturated heterocycles. The highest BCUT2D eigenvalue weighted by molar-refractivity contribution is 5.97. The summed E-state index contributed by atoms with van der Waals surface area (Å²) < 4.78 is 2.29. The van der Waals surface area contributed by atoms with E-state index in [2.05, 4.69) is 19.4 Å². The molecule has 0 unspecified atom stereocenters. The maximum absolute atomic E-state index is 6.03. The first-order valence-corrected chi connectivity index (χ1v) is 6.16. The third kappa shape index (κ3) is 1.04. The van der Waals surface area contributed by atoms with E-state index in [1.807, 2.05) is 6.92 Å². The molecule has 2 aromatic heterocycles. The first-order chi connectivity index (χ1) is 8.25. The van der Waals surface area contributed by atoms with Gasteiger partial charge in [-0.15, -0.1) is 0 Å². The van der Waals surface area contributed by atoms with Crippen molar-refractivity contribution in [3.05, 3.63) is 11.5 Å². The van der Waals surface area contributed by atoms with Gasteiger partial charge in [0, 0.05) is 19.6 Å². The van der Waals surface area contributed by atoms with Crippen LogP contribution in [-0.4, -0.2) is 27.6 Å². The molecule has 17 heavy (non-hydrogen) atoms. The van der Waals surface area contributed by atoms with Crippen LogP contribution in [0.2, 0.25) is 0 Å². The van der Waals surface area contributed by atoms with Gasteiger partial charge in [-0.1, -0.05) is 0 Å². The van der Waals surface area contributed by atoms with Crippen LogP contribution in [0.4, 0.5) is 11.5 Å². The van der Waals surface area contributed by atoms with E-state index in [0.717, 1.165) is 43.1 Å². The summed E-state index contributed by atoms with van der Waals surface area (Å²) in [6, 6.07) is 0. The molecule has 4 rings (SSSR count). The smallest absolute Gasteiger partial charge is 0.152 e. The Hall–Kier alpha value is -1.78. The molecule has 2 N–H and O–H groups in total. The Kier molecular flexibility index (Phi) is 1.59. The first kappa shape index (κ1) is 9.27. The molecule has 0 fully saturated rings.